The summed E-state index contributed by atoms with van der Waals surface area (Å²) in [5, 5.41) is 0.825. The van der Waals surface area contributed by atoms with Crippen LogP contribution in [0.2, 0.25) is 10.0 Å². The highest BCUT2D eigenvalue weighted by Gasteiger charge is 2.37. The minimum Gasteiger partial charge on any atom is -0.497 e. The zero-order valence-corrected chi connectivity index (χ0v) is 19.2. The Kier molecular flexibility index (Phi) is 6.32. The second kappa shape index (κ2) is 9.16. The smallest absolute Gasteiger partial charge is 0.254 e. The van der Waals surface area contributed by atoms with Crippen LogP contribution in [0.4, 0.5) is 0 Å². The van der Waals surface area contributed by atoms with Crippen molar-refractivity contribution in [1.82, 2.24) is 4.90 Å². The summed E-state index contributed by atoms with van der Waals surface area (Å²) in [5.41, 5.74) is 3.78. The number of nitrogens with zero attached hydrogens (tertiary/aromatic N) is 1. The van der Waals surface area contributed by atoms with Crippen molar-refractivity contribution >= 4 is 29.1 Å². The van der Waals surface area contributed by atoms with E-state index in [0.29, 0.717) is 45.6 Å². The Balaban J connectivity index is 1.92. The molecular formula is C26H21Cl2NO3. The van der Waals surface area contributed by atoms with E-state index in [1.54, 1.807) is 49.5 Å². The Labute approximate surface area is 197 Å². The van der Waals surface area contributed by atoms with Crippen LogP contribution in [0, 0.1) is 12.3 Å². The van der Waals surface area contributed by atoms with E-state index < -0.39 is 6.04 Å². The highest BCUT2D eigenvalue weighted by molar-refractivity contribution is 6.42. The van der Waals surface area contributed by atoms with E-state index in [4.69, 9.17) is 39.1 Å². The van der Waals surface area contributed by atoms with Gasteiger partial charge in [0.2, 0.25) is 0 Å². The van der Waals surface area contributed by atoms with Crippen molar-refractivity contribution in [3.05, 3.63) is 92.5 Å². The van der Waals surface area contributed by atoms with Crippen LogP contribution in [0.5, 0.6) is 11.5 Å². The highest BCUT2D eigenvalue weighted by Crippen LogP contribution is 2.46. The summed E-state index contributed by atoms with van der Waals surface area (Å²) in [5.74, 6) is 3.75. The zero-order valence-electron chi connectivity index (χ0n) is 17.7. The molecule has 0 saturated carbocycles. The van der Waals surface area contributed by atoms with Crippen molar-refractivity contribution in [2.24, 2.45) is 0 Å². The molecule has 0 aromatic heterocycles. The first kappa shape index (κ1) is 22.1. The molecule has 3 aromatic rings. The SMILES string of the molecule is C#Cc1cccc(C(=O)N2CCc3cc(OC)cc(OC)c3C2c2cccc(Cl)c2Cl)c1. The lowest BCUT2D eigenvalue weighted by molar-refractivity contribution is 0.0692. The quantitative estimate of drug-likeness (QED) is 0.458. The fourth-order valence-corrected chi connectivity index (χ4v) is 4.58. The third-order valence-corrected chi connectivity index (χ3v) is 6.51. The molecule has 1 aliphatic rings. The summed E-state index contributed by atoms with van der Waals surface area (Å²) in [6.07, 6.45) is 6.18. The van der Waals surface area contributed by atoms with Gasteiger partial charge in [-0.25, -0.2) is 0 Å². The minimum atomic E-state index is -0.493. The molecule has 3 aromatic carbocycles. The molecule has 1 heterocycles. The molecule has 0 N–H and O–H groups in total. The monoisotopic (exact) mass is 465 g/mol. The first-order valence-corrected chi connectivity index (χ1v) is 10.8. The van der Waals surface area contributed by atoms with Crippen LogP contribution in [0.3, 0.4) is 0 Å². The van der Waals surface area contributed by atoms with Crippen molar-refractivity contribution in [3.63, 3.8) is 0 Å². The number of halogens is 2. The molecule has 0 bridgehead atoms. The van der Waals surface area contributed by atoms with E-state index in [1.165, 1.54) is 0 Å². The second-order valence-electron chi connectivity index (χ2n) is 7.42. The summed E-state index contributed by atoms with van der Waals surface area (Å²) in [6.45, 7) is 0.482. The van der Waals surface area contributed by atoms with Crippen molar-refractivity contribution in [2.45, 2.75) is 12.5 Å². The van der Waals surface area contributed by atoms with Crippen LogP contribution in [0.1, 0.15) is 38.7 Å². The normalized spacial score (nSPS) is 15.0. The molecule has 1 atom stereocenters. The summed E-state index contributed by atoms with van der Waals surface area (Å²) >= 11 is 13.0. The van der Waals surface area contributed by atoms with E-state index in [9.17, 15) is 4.79 Å². The second-order valence-corrected chi connectivity index (χ2v) is 8.21. The van der Waals surface area contributed by atoms with Crippen LogP contribution in [0.25, 0.3) is 0 Å². The largest absolute Gasteiger partial charge is 0.497 e. The van der Waals surface area contributed by atoms with Gasteiger partial charge < -0.3 is 14.4 Å². The van der Waals surface area contributed by atoms with Crippen LogP contribution in [-0.2, 0) is 6.42 Å². The topological polar surface area (TPSA) is 38.8 Å². The first-order valence-electron chi connectivity index (χ1n) is 10.0. The fourth-order valence-electron chi connectivity index (χ4n) is 4.17. The molecule has 4 nitrogen and oxygen atoms in total. The third-order valence-electron chi connectivity index (χ3n) is 5.68. The molecule has 1 aliphatic heterocycles. The molecule has 1 unspecified atom stereocenters. The number of terminal acetylenes is 1. The van der Waals surface area contributed by atoms with Crippen LogP contribution in [-0.4, -0.2) is 31.6 Å². The van der Waals surface area contributed by atoms with Crippen molar-refractivity contribution in [3.8, 4) is 23.8 Å². The summed E-state index contributed by atoms with van der Waals surface area (Å²) < 4.78 is 11.2. The molecule has 0 fully saturated rings. The predicted octanol–water partition coefficient (Wildman–Crippen LogP) is 5.78. The van der Waals surface area contributed by atoms with Gasteiger partial charge in [0, 0.05) is 29.3 Å². The number of rotatable bonds is 4. The maximum absolute atomic E-state index is 13.7. The molecule has 4 rings (SSSR count). The average molecular weight is 466 g/mol. The Morgan fingerprint density at radius 3 is 2.59 bits per heavy atom. The predicted molar refractivity (Wildman–Crippen MR) is 127 cm³/mol. The number of benzene rings is 3. The summed E-state index contributed by atoms with van der Waals surface area (Å²) in [6, 6.07) is 15.8. The van der Waals surface area contributed by atoms with Gasteiger partial charge in [-0.3, -0.25) is 4.79 Å². The standard InChI is InChI=1S/C26H21Cl2NO3/c1-4-16-7-5-8-18(13-16)26(30)29-12-11-17-14-19(31-2)15-22(32-3)23(17)25(29)20-9-6-10-21(27)24(20)28/h1,5-10,13-15,25H,11-12H2,2-3H3. The number of carbonyl (C=O) groups is 1. The van der Waals surface area contributed by atoms with Crippen LogP contribution >= 0.6 is 23.2 Å². The van der Waals surface area contributed by atoms with Gasteiger partial charge in [0.15, 0.2) is 0 Å². The molecule has 6 heteroatoms. The average Bonchev–Trinajstić information content (AvgIpc) is 2.83. The van der Waals surface area contributed by atoms with Crippen molar-refractivity contribution < 1.29 is 14.3 Å². The number of methoxy groups -OCH3 is 2. The van der Waals surface area contributed by atoms with Gasteiger partial charge in [0.1, 0.15) is 11.5 Å². The number of fused-ring (bicyclic) bond motifs is 1. The van der Waals surface area contributed by atoms with Crippen LogP contribution in [0.15, 0.2) is 54.6 Å². The van der Waals surface area contributed by atoms with Gasteiger partial charge in [-0.15, -0.1) is 6.42 Å². The number of carbonyl (C=O) groups excluding carboxylic acids is 1. The van der Waals surface area contributed by atoms with E-state index in [-0.39, 0.29) is 5.91 Å². The molecule has 32 heavy (non-hydrogen) atoms. The number of hydrogen-bond acceptors (Lipinski definition) is 3. The van der Waals surface area contributed by atoms with Crippen LogP contribution < -0.4 is 9.47 Å². The van der Waals surface area contributed by atoms with Crippen molar-refractivity contribution in [2.75, 3.05) is 20.8 Å². The lowest BCUT2D eigenvalue weighted by Gasteiger charge is -2.39. The Hall–Kier alpha value is -3.13. The number of amides is 1. The van der Waals surface area contributed by atoms with Gasteiger partial charge in [0.05, 0.1) is 30.3 Å². The van der Waals surface area contributed by atoms with Gasteiger partial charge in [0.25, 0.3) is 5.91 Å². The maximum Gasteiger partial charge on any atom is 0.254 e. The minimum absolute atomic E-state index is 0.147. The summed E-state index contributed by atoms with van der Waals surface area (Å²) in [7, 11) is 3.21. The molecule has 1 amide bonds. The number of hydrogen-bond donors (Lipinski definition) is 0. The Bertz CT molecular complexity index is 1210. The van der Waals surface area contributed by atoms with Gasteiger partial charge >= 0.3 is 0 Å². The molecule has 0 saturated heterocycles. The van der Waals surface area contributed by atoms with E-state index in [2.05, 4.69) is 5.92 Å². The Morgan fingerprint density at radius 1 is 1.09 bits per heavy atom. The molecule has 0 spiro atoms. The lowest BCUT2D eigenvalue weighted by atomic mass is 9.86. The number of ether oxygens (including phenoxy) is 2. The maximum atomic E-state index is 13.7. The van der Waals surface area contributed by atoms with E-state index in [0.717, 1.165) is 16.7 Å². The van der Waals surface area contributed by atoms with Gasteiger partial charge in [-0.05, 0) is 47.9 Å². The van der Waals surface area contributed by atoms with E-state index >= 15 is 0 Å². The van der Waals surface area contributed by atoms with Gasteiger partial charge in [-0.1, -0.05) is 47.3 Å². The zero-order chi connectivity index (χ0) is 22.8. The van der Waals surface area contributed by atoms with Crippen molar-refractivity contribution in [1.29, 1.82) is 0 Å². The van der Waals surface area contributed by atoms with E-state index in [1.807, 2.05) is 24.3 Å². The first-order chi connectivity index (χ1) is 15.5. The molecule has 162 valence electrons. The molecule has 0 aliphatic carbocycles. The van der Waals surface area contributed by atoms with Gasteiger partial charge in [-0.2, -0.15) is 0 Å². The summed E-state index contributed by atoms with van der Waals surface area (Å²) in [4.78, 5) is 15.5. The molecular weight excluding hydrogens is 445 g/mol. The third kappa shape index (κ3) is 3.90. The Morgan fingerprint density at radius 2 is 1.88 bits per heavy atom. The fraction of sp³-hybridized carbons (Fsp3) is 0.192. The molecule has 0 radical (unpaired) electrons. The highest BCUT2D eigenvalue weighted by atomic mass is 35.5. The lowest BCUT2D eigenvalue weighted by Crippen LogP contribution is -2.41.